The van der Waals surface area contributed by atoms with Gasteiger partial charge in [-0.25, -0.2) is 0 Å². The van der Waals surface area contributed by atoms with E-state index in [0.29, 0.717) is 6.10 Å². The molecule has 0 radical (unpaired) electrons. The predicted octanol–water partition coefficient (Wildman–Crippen LogP) is 1.67. The highest BCUT2D eigenvalue weighted by molar-refractivity contribution is 5.77. The molecule has 2 N–H and O–H groups in total. The number of nitrogens with zero attached hydrogens (tertiary/aromatic N) is 1. The summed E-state index contributed by atoms with van der Waals surface area (Å²) in [5.41, 5.74) is 5.91. The van der Waals surface area contributed by atoms with Crippen LogP contribution in [0.1, 0.15) is 51.9 Å². The van der Waals surface area contributed by atoms with E-state index in [2.05, 4.69) is 6.92 Å². The number of carbonyl (C=O) groups is 1. The lowest BCUT2D eigenvalue weighted by atomic mass is 9.98. The standard InChI is InChI=1S/C14H26N2O2/c1-11-9-12(15)7-8-16(11)14(17)10-18-13-5-3-2-4-6-13/h11-13H,2-10,15H2,1H3/t11-,12+/m1/s1. The van der Waals surface area contributed by atoms with Crippen molar-refractivity contribution in [2.45, 2.75) is 70.1 Å². The molecule has 0 aromatic rings. The fourth-order valence-corrected chi connectivity index (χ4v) is 3.08. The predicted molar refractivity (Wildman–Crippen MR) is 71.2 cm³/mol. The minimum absolute atomic E-state index is 0.139. The normalized spacial score (nSPS) is 30.4. The molecule has 1 amide bonds. The summed E-state index contributed by atoms with van der Waals surface area (Å²) in [6, 6.07) is 0.513. The molecule has 1 heterocycles. The molecule has 1 aliphatic carbocycles. The van der Waals surface area contributed by atoms with Crippen LogP contribution in [0.25, 0.3) is 0 Å². The molecule has 2 aliphatic rings. The average molecular weight is 254 g/mol. The second-order valence-corrected chi connectivity index (χ2v) is 5.79. The van der Waals surface area contributed by atoms with Crippen molar-refractivity contribution in [3.63, 3.8) is 0 Å². The Balaban J connectivity index is 1.73. The third-order valence-electron chi connectivity index (χ3n) is 4.23. The maximum absolute atomic E-state index is 12.1. The van der Waals surface area contributed by atoms with Crippen molar-refractivity contribution in [3.05, 3.63) is 0 Å². The molecule has 0 aromatic heterocycles. The maximum atomic E-state index is 12.1. The van der Waals surface area contributed by atoms with Crippen LogP contribution in [0.2, 0.25) is 0 Å². The molecule has 0 bridgehead atoms. The molecular weight excluding hydrogens is 228 g/mol. The van der Waals surface area contributed by atoms with Crippen LogP contribution in [0, 0.1) is 0 Å². The number of nitrogens with two attached hydrogens (primary N) is 1. The van der Waals surface area contributed by atoms with Crippen LogP contribution >= 0.6 is 0 Å². The first kappa shape index (κ1) is 13.8. The topological polar surface area (TPSA) is 55.6 Å². The Morgan fingerprint density at radius 1 is 1.28 bits per heavy atom. The Kier molecular flexibility index (Phi) is 5.01. The van der Waals surface area contributed by atoms with E-state index in [4.69, 9.17) is 10.5 Å². The van der Waals surface area contributed by atoms with Crippen LogP contribution in [0.15, 0.2) is 0 Å². The van der Waals surface area contributed by atoms with E-state index < -0.39 is 0 Å². The average Bonchev–Trinajstić information content (AvgIpc) is 2.37. The Morgan fingerprint density at radius 3 is 2.67 bits per heavy atom. The molecule has 104 valence electrons. The molecule has 1 aliphatic heterocycles. The van der Waals surface area contributed by atoms with Crippen LogP contribution in [-0.2, 0) is 9.53 Å². The van der Waals surface area contributed by atoms with Crippen molar-refractivity contribution in [1.82, 2.24) is 4.90 Å². The van der Waals surface area contributed by atoms with Gasteiger partial charge in [0.05, 0.1) is 6.10 Å². The van der Waals surface area contributed by atoms with E-state index in [1.54, 1.807) is 0 Å². The van der Waals surface area contributed by atoms with Gasteiger partial charge < -0.3 is 15.4 Å². The maximum Gasteiger partial charge on any atom is 0.248 e. The number of rotatable bonds is 3. The van der Waals surface area contributed by atoms with Gasteiger partial charge in [0.2, 0.25) is 5.91 Å². The fourth-order valence-electron chi connectivity index (χ4n) is 3.08. The Hall–Kier alpha value is -0.610. The third kappa shape index (κ3) is 3.69. The van der Waals surface area contributed by atoms with Crippen molar-refractivity contribution in [2.75, 3.05) is 13.2 Å². The summed E-state index contributed by atoms with van der Waals surface area (Å²) in [7, 11) is 0. The molecule has 2 fully saturated rings. The molecule has 0 spiro atoms. The smallest absolute Gasteiger partial charge is 0.248 e. The first-order valence-electron chi connectivity index (χ1n) is 7.33. The SMILES string of the molecule is C[C@@H]1C[C@@H](N)CCN1C(=O)COC1CCCCC1. The molecule has 2 rings (SSSR count). The lowest BCUT2D eigenvalue weighted by Gasteiger charge is -2.36. The Labute approximate surface area is 110 Å². The molecule has 4 nitrogen and oxygen atoms in total. The first-order chi connectivity index (χ1) is 8.66. The minimum Gasteiger partial charge on any atom is -0.368 e. The van der Waals surface area contributed by atoms with Crippen molar-refractivity contribution < 1.29 is 9.53 Å². The largest absolute Gasteiger partial charge is 0.368 e. The zero-order valence-electron chi connectivity index (χ0n) is 11.4. The monoisotopic (exact) mass is 254 g/mol. The molecule has 18 heavy (non-hydrogen) atoms. The quantitative estimate of drug-likeness (QED) is 0.833. The van der Waals surface area contributed by atoms with Crippen LogP contribution in [0.5, 0.6) is 0 Å². The Morgan fingerprint density at radius 2 is 2.00 bits per heavy atom. The second-order valence-electron chi connectivity index (χ2n) is 5.79. The zero-order chi connectivity index (χ0) is 13.0. The van der Waals surface area contributed by atoms with E-state index in [1.807, 2.05) is 4.90 Å². The summed E-state index contributed by atoms with van der Waals surface area (Å²) >= 11 is 0. The van der Waals surface area contributed by atoms with E-state index in [1.165, 1.54) is 19.3 Å². The highest BCUT2D eigenvalue weighted by Gasteiger charge is 2.27. The summed E-state index contributed by atoms with van der Waals surface area (Å²) < 4.78 is 5.75. The number of hydrogen-bond donors (Lipinski definition) is 1. The lowest BCUT2D eigenvalue weighted by molar-refractivity contribution is -0.142. The van der Waals surface area contributed by atoms with Gasteiger partial charge in [-0.05, 0) is 32.6 Å². The van der Waals surface area contributed by atoms with Crippen molar-refractivity contribution in [3.8, 4) is 0 Å². The number of hydrogen-bond acceptors (Lipinski definition) is 3. The molecule has 2 atom stereocenters. The van der Waals surface area contributed by atoms with Crippen LogP contribution in [0.4, 0.5) is 0 Å². The third-order valence-corrected chi connectivity index (χ3v) is 4.23. The molecule has 1 saturated heterocycles. The number of carbonyl (C=O) groups excluding carboxylic acids is 1. The van der Waals surface area contributed by atoms with E-state index >= 15 is 0 Å². The van der Waals surface area contributed by atoms with Gasteiger partial charge in [0.15, 0.2) is 0 Å². The van der Waals surface area contributed by atoms with Crippen LogP contribution in [-0.4, -0.2) is 42.1 Å². The second kappa shape index (κ2) is 6.53. The summed E-state index contributed by atoms with van der Waals surface area (Å²) in [5, 5.41) is 0. The van der Waals surface area contributed by atoms with E-state index in [0.717, 1.165) is 32.2 Å². The molecule has 0 aromatic carbocycles. The van der Waals surface area contributed by atoms with Crippen LogP contribution in [0.3, 0.4) is 0 Å². The summed E-state index contributed by atoms with van der Waals surface area (Å²) in [6.45, 7) is 3.12. The van der Waals surface area contributed by atoms with E-state index in [9.17, 15) is 4.79 Å². The number of likely N-dealkylation sites (tertiary alicyclic amines) is 1. The Bertz CT molecular complexity index is 277. The van der Waals surface area contributed by atoms with Gasteiger partial charge in [0.25, 0.3) is 0 Å². The number of amides is 1. The highest BCUT2D eigenvalue weighted by Crippen LogP contribution is 2.21. The van der Waals surface area contributed by atoms with E-state index in [-0.39, 0.29) is 24.6 Å². The van der Waals surface area contributed by atoms with Gasteiger partial charge in [-0.15, -0.1) is 0 Å². The minimum atomic E-state index is 0.139. The van der Waals surface area contributed by atoms with Gasteiger partial charge in [0, 0.05) is 18.6 Å². The number of piperidine rings is 1. The molecule has 4 heteroatoms. The fraction of sp³-hybridized carbons (Fsp3) is 0.929. The van der Waals surface area contributed by atoms with Crippen molar-refractivity contribution >= 4 is 5.91 Å². The van der Waals surface area contributed by atoms with Crippen molar-refractivity contribution in [1.29, 1.82) is 0 Å². The highest BCUT2D eigenvalue weighted by atomic mass is 16.5. The lowest BCUT2D eigenvalue weighted by Crippen LogP contribution is -2.49. The van der Waals surface area contributed by atoms with Crippen molar-refractivity contribution in [2.24, 2.45) is 5.73 Å². The van der Waals surface area contributed by atoms with Crippen LogP contribution < -0.4 is 5.73 Å². The van der Waals surface area contributed by atoms with Gasteiger partial charge in [0.1, 0.15) is 6.61 Å². The van der Waals surface area contributed by atoms with Gasteiger partial charge in [-0.3, -0.25) is 4.79 Å². The summed E-state index contributed by atoms with van der Waals surface area (Å²) in [5.74, 6) is 0.139. The summed E-state index contributed by atoms with van der Waals surface area (Å²) in [4.78, 5) is 14.1. The zero-order valence-corrected chi connectivity index (χ0v) is 11.4. The van der Waals surface area contributed by atoms with Gasteiger partial charge in [-0.1, -0.05) is 19.3 Å². The number of ether oxygens (including phenoxy) is 1. The van der Waals surface area contributed by atoms with Gasteiger partial charge >= 0.3 is 0 Å². The molecule has 1 saturated carbocycles. The summed E-state index contributed by atoms with van der Waals surface area (Å²) in [6.07, 6.45) is 8.18. The first-order valence-corrected chi connectivity index (χ1v) is 7.33. The van der Waals surface area contributed by atoms with Gasteiger partial charge in [-0.2, -0.15) is 0 Å². The molecular formula is C14H26N2O2. The molecule has 0 unspecified atom stereocenters.